The first-order chi connectivity index (χ1) is 10.7. The molecule has 0 amide bonds. The second kappa shape index (κ2) is 6.91. The molecule has 1 N–H and O–H groups in total. The molecule has 0 spiro atoms. The lowest BCUT2D eigenvalue weighted by Gasteiger charge is -2.37. The number of piperidine rings is 1. The topological polar surface area (TPSA) is 75.4 Å². The van der Waals surface area contributed by atoms with Crippen LogP contribution in [0.4, 0.5) is 0 Å². The number of aliphatic hydroxyl groups excluding tert-OH is 1. The van der Waals surface area contributed by atoms with Crippen LogP contribution in [0.5, 0.6) is 0 Å². The minimum absolute atomic E-state index is 0.140. The van der Waals surface area contributed by atoms with Crippen LogP contribution in [-0.2, 0) is 16.6 Å². The first-order valence-electron chi connectivity index (χ1n) is 8.36. The summed E-state index contributed by atoms with van der Waals surface area (Å²) in [6.07, 6.45) is 1.77. The van der Waals surface area contributed by atoms with E-state index in [1.54, 1.807) is 11.6 Å². The van der Waals surface area contributed by atoms with Gasteiger partial charge in [0.05, 0.1) is 24.0 Å². The van der Waals surface area contributed by atoms with Crippen LogP contribution >= 0.6 is 0 Å². The first kappa shape index (κ1) is 18.4. The van der Waals surface area contributed by atoms with Crippen LogP contribution in [0.3, 0.4) is 0 Å². The highest BCUT2D eigenvalue weighted by molar-refractivity contribution is 7.89. The third kappa shape index (κ3) is 3.46. The molecule has 2 heterocycles. The Morgan fingerprint density at radius 3 is 2.57 bits per heavy atom. The highest BCUT2D eigenvalue weighted by atomic mass is 32.2. The molecule has 23 heavy (non-hydrogen) atoms. The first-order valence-corrected chi connectivity index (χ1v) is 9.80. The van der Waals surface area contributed by atoms with E-state index >= 15 is 0 Å². The molecular weight excluding hydrogens is 314 g/mol. The molecule has 0 aliphatic carbocycles. The second-order valence-electron chi connectivity index (χ2n) is 7.06. The highest BCUT2D eigenvalue weighted by Gasteiger charge is 2.39. The SMILES string of the molecule is Cc1nn(CC(C)C)c(C)c1S(=O)(=O)N1CCC[C@@H](C)[C@H]1CO. The van der Waals surface area contributed by atoms with E-state index in [0.29, 0.717) is 35.3 Å². The van der Waals surface area contributed by atoms with Crippen molar-refractivity contribution >= 4 is 10.0 Å². The van der Waals surface area contributed by atoms with Crippen LogP contribution < -0.4 is 0 Å². The molecule has 2 rings (SSSR count). The average molecular weight is 343 g/mol. The summed E-state index contributed by atoms with van der Waals surface area (Å²) in [5, 5.41) is 14.1. The molecule has 2 atom stereocenters. The van der Waals surface area contributed by atoms with Crippen molar-refractivity contribution in [2.75, 3.05) is 13.2 Å². The van der Waals surface area contributed by atoms with Gasteiger partial charge < -0.3 is 5.11 Å². The molecule has 0 aromatic carbocycles. The van der Waals surface area contributed by atoms with Gasteiger partial charge in [-0.2, -0.15) is 9.40 Å². The van der Waals surface area contributed by atoms with Gasteiger partial charge in [0.15, 0.2) is 0 Å². The highest BCUT2D eigenvalue weighted by Crippen LogP contribution is 2.31. The van der Waals surface area contributed by atoms with Gasteiger partial charge in [-0.3, -0.25) is 4.68 Å². The number of sulfonamides is 1. The third-order valence-corrected chi connectivity index (χ3v) is 6.85. The lowest BCUT2D eigenvalue weighted by Crippen LogP contribution is -2.49. The van der Waals surface area contributed by atoms with Crippen molar-refractivity contribution in [1.29, 1.82) is 0 Å². The number of hydrogen-bond donors (Lipinski definition) is 1. The van der Waals surface area contributed by atoms with Crippen LogP contribution in [-0.4, -0.2) is 46.8 Å². The Morgan fingerprint density at radius 2 is 2.00 bits per heavy atom. The molecule has 1 aliphatic rings. The summed E-state index contributed by atoms with van der Waals surface area (Å²) in [5.74, 6) is 0.554. The summed E-state index contributed by atoms with van der Waals surface area (Å²) < 4.78 is 29.7. The van der Waals surface area contributed by atoms with Gasteiger partial charge in [0.25, 0.3) is 0 Å². The summed E-state index contributed by atoms with van der Waals surface area (Å²) in [6.45, 7) is 10.8. The van der Waals surface area contributed by atoms with Gasteiger partial charge >= 0.3 is 0 Å². The maximum absolute atomic E-state index is 13.2. The molecule has 0 unspecified atom stereocenters. The Balaban J connectivity index is 2.45. The molecule has 0 bridgehead atoms. The molecule has 1 aromatic heterocycles. The summed E-state index contributed by atoms with van der Waals surface area (Å²) >= 11 is 0. The van der Waals surface area contributed by atoms with Crippen molar-refractivity contribution < 1.29 is 13.5 Å². The monoisotopic (exact) mass is 343 g/mol. The molecule has 7 heteroatoms. The lowest BCUT2D eigenvalue weighted by molar-refractivity contribution is 0.113. The van der Waals surface area contributed by atoms with Gasteiger partial charge in [0, 0.05) is 13.1 Å². The number of nitrogens with zero attached hydrogens (tertiary/aromatic N) is 3. The Kier molecular flexibility index (Phi) is 5.53. The Labute approximate surface area is 139 Å². The fourth-order valence-corrected chi connectivity index (χ4v) is 5.60. The molecule has 1 aromatic rings. The Hall–Kier alpha value is -0.920. The third-order valence-electron chi connectivity index (χ3n) is 4.67. The molecule has 0 saturated carbocycles. The predicted octanol–water partition coefficient (Wildman–Crippen LogP) is 1.94. The molecule has 1 aliphatic heterocycles. The van der Waals surface area contributed by atoms with Crippen LogP contribution in [0, 0.1) is 25.7 Å². The standard InChI is InChI=1S/C16H29N3O3S/c1-11(2)9-18-14(5)16(13(4)17-18)23(21,22)19-8-6-7-12(3)15(19)10-20/h11-12,15,20H,6-10H2,1-5H3/t12-,15-/m1/s1. The van der Waals surface area contributed by atoms with Gasteiger partial charge in [0.1, 0.15) is 4.90 Å². The number of aliphatic hydroxyl groups is 1. The van der Waals surface area contributed by atoms with Gasteiger partial charge in [-0.15, -0.1) is 0 Å². The fourth-order valence-electron chi connectivity index (χ4n) is 3.48. The van der Waals surface area contributed by atoms with Crippen LogP contribution in [0.1, 0.15) is 45.0 Å². The zero-order chi connectivity index (χ0) is 17.4. The molecule has 1 fully saturated rings. The fraction of sp³-hybridized carbons (Fsp3) is 0.812. The molecule has 1 saturated heterocycles. The summed E-state index contributed by atoms with van der Waals surface area (Å²) in [7, 11) is -3.64. The summed E-state index contributed by atoms with van der Waals surface area (Å²) in [5.41, 5.74) is 1.23. The van der Waals surface area contributed by atoms with Crippen LogP contribution in [0.2, 0.25) is 0 Å². The molecule has 6 nitrogen and oxygen atoms in total. The zero-order valence-corrected chi connectivity index (χ0v) is 15.6. The number of hydrogen-bond acceptors (Lipinski definition) is 4. The van der Waals surface area contributed by atoms with Gasteiger partial charge in [-0.25, -0.2) is 8.42 Å². The second-order valence-corrected chi connectivity index (χ2v) is 8.89. The van der Waals surface area contributed by atoms with E-state index in [1.165, 1.54) is 4.31 Å². The summed E-state index contributed by atoms with van der Waals surface area (Å²) in [4.78, 5) is 0.311. The van der Waals surface area contributed by atoms with E-state index in [4.69, 9.17) is 0 Å². The summed E-state index contributed by atoms with van der Waals surface area (Å²) in [6, 6.07) is -0.346. The van der Waals surface area contributed by atoms with Crippen molar-refractivity contribution in [2.24, 2.45) is 11.8 Å². The minimum Gasteiger partial charge on any atom is -0.395 e. The van der Waals surface area contributed by atoms with Crippen molar-refractivity contribution in [3.05, 3.63) is 11.4 Å². The van der Waals surface area contributed by atoms with Gasteiger partial charge in [-0.05, 0) is 38.5 Å². The van der Waals surface area contributed by atoms with Crippen molar-refractivity contribution in [2.45, 2.75) is 64.9 Å². The zero-order valence-electron chi connectivity index (χ0n) is 14.8. The van der Waals surface area contributed by atoms with E-state index in [2.05, 4.69) is 18.9 Å². The molecular formula is C16H29N3O3S. The predicted molar refractivity (Wildman–Crippen MR) is 89.7 cm³/mol. The number of rotatable bonds is 5. The molecule has 132 valence electrons. The largest absolute Gasteiger partial charge is 0.395 e. The quantitative estimate of drug-likeness (QED) is 0.886. The van der Waals surface area contributed by atoms with Gasteiger partial charge in [0.2, 0.25) is 10.0 Å². The lowest BCUT2D eigenvalue weighted by atomic mass is 9.93. The normalized spacial score (nSPS) is 23.6. The average Bonchev–Trinajstić information content (AvgIpc) is 2.72. The van der Waals surface area contributed by atoms with E-state index in [1.807, 2.05) is 13.8 Å². The van der Waals surface area contributed by atoms with Crippen LogP contribution in [0.15, 0.2) is 4.90 Å². The maximum atomic E-state index is 13.2. The number of aromatic nitrogens is 2. The van der Waals surface area contributed by atoms with Crippen molar-refractivity contribution in [3.8, 4) is 0 Å². The van der Waals surface area contributed by atoms with Gasteiger partial charge in [-0.1, -0.05) is 20.8 Å². The van der Waals surface area contributed by atoms with Crippen LogP contribution in [0.25, 0.3) is 0 Å². The van der Waals surface area contributed by atoms with Crippen molar-refractivity contribution in [3.63, 3.8) is 0 Å². The molecule has 0 radical (unpaired) electrons. The van der Waals surface area contributed by atoms with E-state index in [9.17, 15) is 13.5 Å². The Morgan fingerprint density at radius 1 is 1.35 bits per heavy atom. The van der Waals surface area contributed by atoms with Crippen molar-refractivity contribution in [1.82, 2.24) is 14.1 Å². The number of aryl methyl sites for hydroxylation is 1. The van der Waals surface area contributed by atoms with E-state index in [-0.39, 0.29) is 18.6 Å². The maximum Gasteiger partial charge on any atom is 0.247 e. The smallest absolute Gasteiger partial charge is 0.247 e. The van der Waals surface area contributed by atoms with E-state index in [0.717, 1.165) is 12.8 Å². The minimum atomic E-state index is -3.64. The Bertz CT molecular complexity index is 652. The van der Waals surface area contributed by atoms with E-state index < -0.39 is 10.0 Å².